The van der Waals surface area contributed by atoms with Gasteiger partial charge in [0.25, 0.3) is 0 Å². The first kappa shape index (κ1) is 9.47. The van der Waals surface area contributed by atoms with Crippen LogP contribution in [0.15, 0.2) is 0 Å². The highest BCUT2D eigenvalue weighted by atomic mass is 32.1. The first-order chi connectivity index (χ1) is 6.77. The molecule has 0 unspecified atom stereocenters. The lowest BCUT2D eigenvalue weighted by Gasteiger charge is -2.11. The fraction of sp³-hybridized carbons (Fsp3) is 0.714. The van der Waals surface area contributed by atoms with Crippen LogP contribution in [0.5, 0.6) is 0 Å². The van der Waals surface area contributed by atoms with E-state index in [-0.39, 0.29) is 11.8 Å². The summed E-state index contributed by atoms with van der Waals surface area (Å²) in [5.74, 6) is 0.399. The fourth-order valence-corrected chi connectivity index (χ4v) is 1.91. The second-order valence-corrected chi connectivity index (χ2v) is 4.13. The second kappa shape index (κ2) is 3.97. The molecular formula is C7H11N5OS. The normalized spacial score (nSPS) is 26.4. The van der Waals surface area contributed by atoms with Gasteiger partial charge >= 0.3 is 0 Å². The van der Waals surface area contributed by atoms with E-state index in [2.05, 4.69) is 32.4 Å². The molecule has 0 saturated carbocycles. The van der Waals surface area contributed by atoms with Crippen LogP contribution in [0.2, 0.25) is 0 Å². The summed E-state index contributed by atoms with van der Waals surface area (Å²) < 4.78 is 3.57. The molecule has 0 spiro atoms. The van der Waals surface area contributed by atoms with Gasteiger partial charge in [0.05, 0.1) is 5.92 Å². The summed E-state index contributed by atoms with van der Waals surface area (Å²) in [6, 6.07) is 0. The topological polar surface area (TPSA) is 79.8 Å². The van der Waals surface area contributed by atoms with E-state index in [1.807, 2.05) is 0 Å². The highest BCUT2D eigenvalue weighted by Gasteiger charge is 2.29. The number of nitrogens with zero attached hydrogens (tertiary/aromatic N) is 3. The van der Waals surface area contributed by atoms with Crippen LogP contribution in [-0.4, -0.2) is 33.8 Å². The molecule has 0 radical (unpaired) electrons. The van der Waals surface area contributed by atoms with Crippen molar-refractivity contribution in [3.63, 3.8) is 0 Å². The van der Waals surface area contributed by atoms with Crippen molar-refractivity contribution in [1.29, 1.82) is 0 Å². The standard InChI is InChI=1S/C7H11N5OS/c1-4-2-8-3-5(4)6(13)9-7-10-11-12-14-7/h4-5,8H,2-3H2,1H3,(H,9,10,12,13)/t4-,5-/m1/s1. The molecule has 1 aromatic heterocycles. The van der Waals surface area contributed by atoms with Gasteiger partial charge in [-0.2, -0.15) is 0 Å². The first-order valence-corrected chi connectivity index (χ1v) is 5.21. The number of carbonyl (C=O) groups excluding carboxylic acids is 1. The van der Waals surface area contributed by atoms with Crippen LogP contribution in [0.3, 0.4) is 0 Å². The molecule has 1 amide bonds. The molecule has 2 atom stereocenters. The summed E-state index contributed by atoms with van der Waals surface area (Å²) in [5.41, 5.74) is 0. The number of carbonyl (C=O) groups is 1. The lowest BCUT2D eigenvalue weighted by Crippen LogP contribution is -2.27. The van der Waals surface area contributed by atoms with Crippen molar-refractivity contribution >= 4 is 22.6 Å². The van der Waals surface area contributed by atoms with Crippen molar-refractivity contribution in [1.82, 2.24) is 20.1 Å². The monoisotopic (exact) mass is 213 g/mol. The Morgan fingerprint density at radius 3 is 3.07 bits per heavy atom. The molecule has 1 aliphatic heterocycles. The molecule has 0 bridgehead atoms. The summed E-state index contributed by atoms with van der Waals surface area (Å²) in [4.78, 5) is 11.7. The van der Waals surface area contributed by atoms with E-state index in [0.29, 0.717) is 11.0 Å². The first-order valence-electron chi connectivity index (χ1n) is 4.44. The molecule has 14 heavy (non-hydrogen) atoms. The molecule has 6 nitrogen and oxygen atoms in total. The molecule has 2 heterocycles. The molecule has 0 aromatic carbocycles. The van der Waals surface area contributed by atoms with Gasteiger partial charge in [0, 0.05) is 18.1 Å². The third kappa shape index (κ3) is 1.88. The molecule has 0 aliphatic carbocycles. The molecule has 1 fully saturated rings. The number of nitrogens with one attached hydrogen (secondary N) is 2. The molecule has 76 valence electrons. The molecule has 1 aromatic rings. The van der Waals surface area contributed by atoms with E-state index < -0.39 is 0 Å². The molecule has 1 saturated heterocycles. The summed E-state index contributed by atoms with van der Waals surface area (Å²) >= 11 is 1.09. The maximum Gasteiger partial charge on any atom is 0.231 e. The van der Waals surface area contributed by atoms with Crippen LogP contribution in [0, 0.1) is 11.8 Å². The maximum atomic E-state index is 11.7. The maximum absolute atomic E-state index is 11.7. The van der Waals surface area contributed by atoms with Gasteiger partial charge < -0.3 is 5.32 Å². The van der Waals surface area contributed by atoms with Gasteiger partial charge in [-0.1, -0.05) is 16.5 Å². The number of amides is 1. The third-order valence-electron chi connectivity index (χ3n) is 2.38. The van der Waals surface area contributed by atoms with Crippen molar-refractivity contribution in [2.75, 3.05) is 18.4 Å². The highest BCUT2D eigenvalue weighted by molar-refractivity contribution is 7.09. The third-order valence-corrected chi connectivity index (χ3v) is 2.90. The lowest BCUT2D eigenvalue weighted by atomic mass is 9.97. The van der Waals surface area contributed by atoms with Gasteiger partial charge in [-0.25, -0.2) is 0 Å². The van der Waals surface area contributed by atoms with Gasteiger partial charge in [0.15, 0.2) is 0 Å². The SMILES string of the molecule is C[C@@H]1CNC[C@H]1C(=O)Nc1nnns1. The van der Waals surface area contributed by atoms with Crippen LogP contribution in [0.25, 0.3) is 0 Å². The van der Waals surface area contributed by atoms with Crippen molar-refractivity contribution in [3.05, 3.63) is 0 Å². The van der Waals surface area contributed by atoms with Crippen molar-refractivity contribution in [3.8, 4) is 0 Å². The van der Waals surface area contributed by atoms with E-state index in [0.717, 1.165) is 24.6 Å². The Labute approximate surface area is 85.3 Å². The van der Waals surface area contributed by atoms with Crippen LogP contribution in [-0.2, 0) is 4.79 Å². The smallest absolute Gasteiger partial charge is 0.231 e. The Kier molecular flexibility index (Phi) is 2.69. The average molecular weight is 213 g/mol. The Bertz CT molecular complexity index is 314. The van der Waals surface area contributed by atoms with Gasteiger partial charge in [-0.3, -0.25) is 10.1 Å². The average Bonchev–Trinajstić information content (AvgIpc) is 2.75. The number of rotatable bonds is 2. The number of aromatic nitrogens is 3. The number of anilines is 1. The number of hydrogen-bond donors (Lipinski definition) is 2. The zero-order valence-corrected chi connectivity index (χ0v) is 8.54. The van der Waals surface area contributed by atoms with Crippen molar-refractivity contribution < 1.29 is 4.79 Å². The van der Waals surface area contributed by atoms with Crippen LogP contribution in [0.4, 0.5) is 5.13 Å². The second-order valence-electron chi connectivity index (χ2n) is 3.40. The summed E-state index contributed by atoms with van der Waals surface area (Å²) in [6.07, 6.45) is 0. The van der Waals surface area contributed by atoms with Crippen molar-refractivity contribution in [2.24, 2.45) is 11.8 Å². The van der Waals surface area contributed by atoms with Crippen LogP contribution >= 0.6 is 11.5 Å². The van der Waals surface area contributed by atoms with E-state index in [9.17, 15) is 4.79 Å². The quantitative estimate of drug-likeness (QED) is 0.706. The minimum atomic E-state index is 0.000972. The van der Waals surface area contributed by atoms with Crippen LogP contribution < -0.4 is 10.6 Å². The number of hydrogen-bond acceptors (Lipinski definition) is 6. The predicted molar refractivity (Wildman–Crippen MR) is 51.9 cm³/mol. The molecule has 7 heteroatoms. The Morgan fingerprint density at radius 1 is 1.64 bits per heavy atom. The Balaban J connectivity index is 1.95. The van der Waals surface area contributed by atoms with E-state index >= 15 is 0 Å². The predicted octanol–water partition coefficient (Wildman–Crippen LogP) is -0.273. The van der Waals surface area contributed by atoms with E-state index in [1.165, 1.54) is 0 Å². The summed E-state index contributed by atoms with van der Waals surface area (Å²) in [6.45, 7) is 3.69. The van der Waals surface area contributed by atoms with Gasteiger partial charge in [0.2, 0.25) is 11.0 Å². The Morgan fingerprint density at radius 2 is 2.50 bits per heavy atom. The van der Waals surface area contributed by atoms with Crippen molar-refractivity contribution in [2.45, 2.75) is 6.92 Å². The lowest BCUT2D eigenvalue weighted by molar-refractivity contribution is -0.120. The van der Waals surface area contributed by atoms with Gasteiger partial charge in [0.1, 0.15) is 0 Å². The Hall–Kier alpha value is -1.08. The zero-order valence-electron chi connectivity index (χ0n) is 7.73. The largest absolute Gasteiger partial charge is 0.316 e. The summed E-state index contributed by atoms with van der Waals surface area (Å²) in [5, 5.41) is 13.4. The van der Waals surface area contributed by atoms with Gasteiger partial charge in [-0.15, -0.1) is 0 Å². The van der Waals surface area contributed by atoms with Gasteiger partial charge in [-0.05, 0) is 17.7 Å². The molecule has 2 N–H and O–H groups in total. The minimum Gasteiger partial charge on any atom is -0.316 e. The zero-order chi connectivity index (χ0) is 9.97. The molecule has 1 aliphatic rings. The van der Waals surface area contributed by atoms with E-state index in [1.54, 1.807) is 0 Å². The minimum absolute atomic E-state index is 0.000972. The molecule has 2 rings (SSSR count). The van der Waals surface area contributed by atoms with Crippen LogP contribution in [0.1, 0.15) is 6.92 Å². The highest BCUT2D eigenvalue weighted by Crippen LogP contribution is 2.18. The fourth-order valence-electron chi connectivity index (χ4n) is 1.54. The summed E-state index contributed by atoms with van der Waals surface area (Å²) in [7, 11) is 0. The van der Waals surface area contributed by atoms with E-state index in [4.69, 9.17) is 0 Å². The molecular weight excluding hydrogens is 202 g/mol.